The van der Waals surface area contributed by atoms with Gasteiger partial charge < -0.3 is 14.0 Å². The van der Waals surface area contributed by atoms with Gasteiger partial charge in [0, 0.05) is 18.3 Å². The molecule has 0 heterocycles. The van der Waals surface area contributed by atoms with Gasteiger partial charge in [-0.1, -0.05) is 20.8 Å². The van der Waals surface area contributed by atoms with Crippen molar-refractivity contribution in [2.24, 2.45) is 0 Å². The van der Waals surface area contributed by atoms with Crippen molar-refractivity contribution in [2.75, 3.05) is 0 Å². The van der Waals surface area contributed by atoms with Crippen LogP contribution in [0.1, 0.15) is 60.8 Å². The fourth-order valence-electron chi connectivity index (χ4n) is 0.954. The lowest BCUT2D eigenvalue weighted by atomic mass is 10.1. The van der Waals surface area contributed by atoms with Crippen LogP contribution in [0, 0.1) is 0 Å². The number of hydrogen-bond donors (Lipinski definition) is 0. The van der Waals surface area contributed by atoms with Crippen LogP contribution in [0.2, 0.25) is 0 Å². The van der Waals surface area contributed by atoms with Gasteiger partial charge in [0.15, 0.2) is 0 Å². The highest BCUT2D eigenvalue weighted by Crippen LogP contribution is 2.09. The van der Waals surface area contributed by atoms with Crippen molar-refractivity contribution in [2.45, 2.75) is 79.1 Å². The molecule has 0 aliphatic rings. The maximum absolute atomic E-state index is 5.70. The minimum atomic E-state index is -0.528. The summed E-state index contributed by atoms with van der Waals surface area (Å²) >= 11 is 0. The second-order valence-electron chi connectivity index (χ2n) is 4.35. The summed E-state index contributed by atoms with van der Waals surface area (Å²) in [5.41, 5.74) is 0. The predicted octanol–water partition coefficient (Wildman–Crippen LogP) is 3.42. The molecule has 0 aromatic heterocycles. The molecule has 4 heteroatoms. The van der Waals surface area contributed by atoms with Gasteiger partial charge in [-0.15, -0.1) is 0 Å². The van der Waals surface area contributed by atoms with Gasteiger partial charge in [0.1, 0.15) is 0 Å². The van der Waals surface area contributed by atoms with E-state index in [0.717, 1.165) is 19.3 Å². The molecule has 0 spiro atoms. The molecule has 0 N–H and O–H groups in total. The summed E-state index contributed by atoms with van der Waals surface area (Å²) in [5.74, 6) is 0. The molecule has 0 bridgehead atoms. The van der Waals surface area contributed by atoms with Crippen LogP contribution >= 0.6 is 0 Å². The Bertz CT molecular complexity index is 138. The van der Waals surface area contributed by atoms with Crippen LogP contribution in [0.3, 0.4) is 0 Å². The summed E-state index contributed by atoms with van der Waals surface area (Å²) in [6, 6.07) is 0. The Hall–Kier alpha value is -0.0551. The van der Waals surface area contributed by atoms with E-state index in [1.807, 2.05) is 20.8 Å². The van der Waals surface area contributed by atoms with Crippen molar-refractivity contribution < 1.29 is 14.0 Å². The Morgan fingerprint density at radius 1 is 0.688 bits per heavy atom. The third kappa shape index (κ3) is 7.26. The highest BCUT2D eigenvalue weighted by Gasteiger charge is 2.27. The molecular formula is C12H27BO3. The SMILES string of the molecule is CC[C@@H](C)OB(O[C@@H](C)CC)O[C@@H](C)CC. The average molecular weight is 230 g/mol. The lowest BCUT2D eigenvalue weighted by Gasteiger charge is -2.23. The zero-order valence-electron chi connectivity index (χ0n) is 11.7. The molecule has 0 aromatic carbocycles. The van der Waals surface area contributed by atoms with Crippen molar-refractivity contribution in [1.29, 1.82) is 0 Å². The van der Waals surface area contributed by atoms with E-state index in [1.165, 1.54) is 0 Å². The molecule has 0 fully saturated rings. The van der Waals surface area contributed by atoms with Crippen LogP contribution in [0.25, 0.3) is 0 Å². The quantitative estimate of drug-likeness (QED) is 0.568. The van der Waals surface area contributed by atoms with Crippen LogP contribution in [0.4, 0.5) is 0 Å². The minimum absolute atomic E-state index is 0.165. The number of rotatable bonds is 9. The second-order valence-corrected chi connectivity index (χ2v) is 4.35. The largest absolute Gasteiger partial charge is 0.639 e. The first-order chi connectivity index (χ1) is 7.53. The van der Waals surface area contributed by atoms with Crippen LogP contribution in [0.5, 0.6) is 0 Å². The van der Waals surface area contributed by atoms with Gasteiger partial charge in [-0.25, -0.2) is 0 Å². The van der Waals surface area contributed by atoms with E-state index in [9.17, 15) is 0 Å². The molecule has 0 rings (SSSR count). The van der Waals surface area contributed by atoms with Gasteiger partial charge in [0.2, 0.25) is 0 Å². The Balaban J connectivity index is 4.15. The highest BCUT2D eigenvalue weighted by atomic mass is 16.7. The van der Waals surface area contributed by atoms with Crippen molar-refractivity contribution >= 4 is 7.32 Å². The van der Waals surface area contributed by atoms with E-state index in [4.69, 9.17) is 14.0 Å². The van der Waals surface area contributed by atoms with Gasteiger partial charge in [-0.3, -0.25) is 0 Å². The van der Waals surface area contributed by atoms with E-state index in [-0.39, 0.29) is 18.3 Å². The molecule has 0 aromatic rings. The summed E-state index contributed by atoms with van der Waals surface area (Å²) in [4.78, 5) is 0. The van der Waals surface area contributed by atoms with Crippen molar-refractivity contribution in [3.63, 3.8) is 0 Å². The molecule has 16 heavy (non-hydrogen) atoms. The first-order valence-corrected chi connectivity index (χ1v) is 6.49. The average Bonchev–Trinajstić information content (AvgIpc) is 2.28. The predicted molar refractivity (Wildman–Crippen MR) is 68.3 cm³/mol. The smallest absolute Gasteiger partial charge is 0.383 e. The van der Waals surface area contributed by atoms with Crippen LogP contribution < -0.4 is 0 Å². The fourth-order valence-corrected chi connectivity index (χ4v) is 0.954. The molecule has 0 radical (unpaired) electrons. The number of hydrogen-bond acceptors (Lipinski definition) is 3. The lowest BCUT2D eigenvalue weighted by molar-refractivity contribution is 0.0181. The van der Waals surface area contributed by atoms with Crippen LogP contribution in [0.15, 0.2) is 0 Å². The first kappa shape index (κ1) is 15.9. The lowest BCUT2D eigenvalue weighted by Crippen LogP contribution is -2.36. The molecule has 0 amide bonds. The first-order valence-electron chi connectivity index (χ1n) is 6.49. The summed E-state index contributed by atoms with van der Waals surface area (Å²) < 4.78 is 17.1. The monoisotopic (exact) mass is 230 g/mol. The van der Waals surface area contributed by atoms with Gasteiger partial charge in [-0.2, -0.15) is 0 Å². The third-order valence-corrected chi connectivity index (χ3v) is 2.76. The van der Waals surface area contributed by atoms with Gasteiger partial charge in [0.05, 0.1) is 0 Å². The van der Waals surface area contributed by atoms with E-state index in [1.54, 1.807) is 0 Å². The van der Waals surface area contributed by atoms with E-state index in [2.05, 4.69) is 20.8 Å². The standard InChI is InChI=1S/C12H27BO3/c1-7-10(4)14-13(15-11(5)8-2)16-12(6)9-3/h10-12H,7-9H2,1-6H3/t10-,11-,12+/m0/s1. The normalized spacial score (nSPS) is 16.9. The maximum Gasteiger partial charge on any atom is 0.639 e. The molecule has 0 unspecified atom stereocenters. The minimum Gasteiger partial charge on any atom is -0.383 e. The molecule has 0 saturated heterocycles. The van der Waals surface area contributed by atoms with Gasteiger partial charge in [-0.05, 0) is 40.0 Å². The van der Waals surface area contributed by atoms with Crippen molar-refractivity contribution in [3.8, 4) is 0 Å². The second kappa shape index (κ2) is 9.02. The van der Waals surface area contributed by atoms with E-state index < -0.39 is 7.32 Å². The fraction of sp³-hybridized carbons (Fsp3) is 1.00. The van der Waals surface area contributed by atoms with E-state index >= 15 is 0 Å². The summed E-state index contributed by atoms with van der Waals surface area (Å²) in [6.45, 7) is 12.4. The van der Waals surface area contributed by atoms with Gasteiger partial charge in [0.25, 0.3) is 0 Å². The molecule has 0 aliphatic heterocycles. The maximum atomic E-state index is 5.70. The molecule has 96 valence electrons. The van der Waals surface area contributed by atoms with Crippen LogP contribution in [-0.2, 0) is 14.0 Å². The highest BCUT2D eigenvalue weighted by molar-refractivity contribution is 6.36. The van der Waals surface area contributed by atoms with E-state index in [0.29, 0.717) is 0 Å². The Morgan fingerprint density at radius 2 is 0.938 bits per heavy atom. The topological polar surface area (TPSA) is 27.7 Å². The van der Waals surface area contributed by atoms with Crippen molar-refractivity contribution in [1.82, 2.24) is 0 Å². The van der Waals surface area contributed by atoms with Crippen molar-refractivity contribution in [3.05, 3.63) is 0 Å². The Kier molecular flexibility index (Phi) is 8.99. The Labute approximate surface area is 101 Å². The molecule has 0 saturated carbocycles. The summed E-state index contributed by atoms with van der Waals surface area (Å²) in [7, 11) is -0.528. The van der Waals surface area contributed by atoms with Gasteiger partial charge >= 0.3 is 7.32 Å². The Morgan fingerprint density at radius 3 is 1.12 bits per heavy atom. The third-order valence-electron chi connectivity index (χ3n) is 2.76. The molecular weight excluding hydrogens is 203 g/mol. The zero-order valence-corrected chi connectivity index (χ0v) is 11.7. The van der Waals surface area contributed by atoms with Crippen LogP contribution in [-0.4, -0.2) is 25.6 Å². The molecule has 0 aliphatic carbocycles. The zero-order chi connectivity index (χ0) is 12.6. The molecule has 3 nitrogen and oxygen atoms in total. The summed E-state index contributed by atoms with van der Waals surface area (Å²) in [6.07, 6.45) is 3.38. The molecule has 3 atom stereocenters. The summed E-state index contributed by atoms with van der Waals surface area (Å²) in [5, 5.41) is 0.